The number of rotatable bonds is 0. The second-order valence-electron chi connectivity index (χ2n) is 6.04. The van der Waals surface area contributed by atoms with Gasteiger partial charge in [0.1, 0.15) is 4.33 Å². The lowest BCUT2D eigenvalue weighted by molar-refractivity contribution is 0.0210. The molecule has 3 aliphatic rings. The average Bonchev–Trinajstić information content (AvgIpc) is 2.53. The Morgan fingerprint density at radius 2 is 1.94 bits per heavy atom. The van der Waals surface area contributed by atoms with Crippen molar-refractivity contribution in [2.45, 2.75) is 37.1 Å². The van der Waals surface area contributed by atoms with Gasteiger partial charge < -0.3 is 0 Å². The van der Waals surface area contributed by atoms with E-state index in [9.17, 15) is 12.9 Å². The number of alkyl halides is 2. The number of hydrogen-bond acceptors (Lipinski definition) is 2. The highest BCUT2D eigenvalue weighted by atomic mass is 35.5. The standard InChI is InChI=1S/C10H14Cl2FNO2S/c1-8(2)6-3-4-9(8)5-17(15,16)14(13)7(9)10(6,11)12/h6-7H,3-5H2,1-2H3/t6-,7?,9+/m0/s1. The quantitative estimate of drug-likeness (QED) is 0.509. The molecule has 7 heteroatoms. The van der Waals surface area contributed by atoms with Crippen molar-refractivity contribution in [3.63, 3.8) is 0 Å². The van der Waals surface area contributed by atoms with Crippen molar-refractivity contribution in [3.05, 3.63) is 0 Å². The van der Waals surface area contributed by atoms with Crippen molar-refractivity contribution in [1.82, 2.24) is 4.53 Å². The van der Waals surface area contributed by atoms with E-state index < -0.39 is 25.8 Å². The van der Waals surface area contributed by atoms with E-state index in [2.05, 4.69) is 0 Å². The highest BCUT2D eigenvalue weighted by molar-refractivity contribution is 7.89. The van der Waals surface area contributed by atoms with Gasteiger partial charge in [0.2, 0.25) is 10.0 Å². The zero-order valence-corrected chi connectivity index (χ0v) is 11.9. The van der Waals surface area contributed by atoms with Crippen LogP contribution in [0.4, 0.5) is 4.48 Å². The summed E-state index contributed by atoms with van der Waals surface area (Å²) in [7, 11) is -3.87. The lowest BCUT2D eigenvalue weighted by Crippen LogP contribution is -2.47. The van der Waals surface area contributed by atoms with Crippen LogP contribution in [0.5, 0.6) is 0 Å². The summed E-state index contributed by atoms with van der Waals surface area (Å²) in [6.07, 6.45) is 1.44. The molecular formula is C10H14Cl2FNO2S. The van der Waals surface area contributed by atoms with E-state index in [0.29, 0.717) is 6.42 Å². The van der Waals surface area contributed by atoms with Crippen molar-refractivity contribution < 1.29 is 12.9 Å². The maximum atomic E-state index is 14.0. The summed E-state index contributed by atoms with van der Waals surface area (Å²) in [5.74, 6) is -0.233. The number of hydrogen-bond donors (Lipinski definition) is 0. The van der Waals surface area contributed by atoms with E-state index >= 15 is 0 Å². The highest BCUT2D eigenvalue weighted by Gasteiger charge is 2.80. The van der Waals surface area contributed by atoms with Gasteiger partial charge in [0.05, 0.1) is 11.8 Å². The Morgan fingerprint density at radius 1 is 1.35 bits per heavy atom. The van der Waals surface area contributed by atoms with Crippen LogP contribution >= 0.6 is 23.2 Å². The maximum absolute atomic E-state index is 14.0. The van der Waals surface area contributed by atoms with Gasteiger partial charge in [-0.3, -0.25) is 0 Å². The van der Waals surface area contributed by atoms with E-state index in [1.165, 1.54) is 0 Å². The van der Waals surface area contributed by atoms with E-state index in [1.807, 2.05) is 13.8 Å². The zero-order valence-electron chi connectivity index (χ0n) is 9.58. The lowest BCUT2D eigenvalue weighted by Gasteiger charge is -2.36. The van der Waals surface area contributed by atoms with Crippen LogP contribution in [0.3, 0.4) is 0 Å². The molecular weight excluding hydrogens is 288 g/mol. The number of fused-ring (bicyclic) bond motifs is 1. The van der Waals surface area contributed by atoms with Gasteiger partial charge in [-0.15, -0.1) is 4.48 Å². The zero-order chi connectivity index (χ0) is 12.9. The van der Waals surface area contributed by atoms with Crippen molar-refractivity contribution in [2.24, 2.45) is 16.7 Å². The second-order valence-corrected chi connectivity index (χ2v) is 9.29. The molecule has 0 N–H and O–H groups in total. The minimum Gasteiger partial charge on any atom is -0.210 e. The molecule has 98 valence electrons. The third-order valence-corrected chi connectivity index (χ3v) is 7.86. The topological polar surface area (TPSA) is 37.4 Å². The molecule has 3 rings (SSSR count). The predicted octanol–water partition coefficient (Wildman–Crippen LogP) is 2.50. The Kier molecular flexibility index (Phi) is 2.16. The van der Waals surface area contributed by atoms with Crippen LogP contribution < -0.4 is 0 Å². The van der Waals surface area contributed by atoms with Crippen LogP contribution in [0.2, 0.25) is 0 Å². The Balaban J connectivity index is 2.25. The molecule has 2 aliphatic carbocycles. The monoisotopic (exact) mass is 301 g/mol. The second kappa shape index (κ2) is 2.94. The van der Waals surface area contributed by atoms with Gasteiger partial charge in [0.25, 0.3) is 0 Å². The van der Waals surface area contributed by atoms with E-state index in [1.54, 1.807) is 0 Å². The van der Waals surface area contributed by atoms with Crippen molar-refractivity contribution in [1.29, 1.82) is 0 Å². The van der Waals surface area contributed by atoms with Crippen LogP contribution in [0, 0.1) is 16.7 Å². The molecule has 2 saturated carbocycles. The van der Waals surface area contributed by atoms with Gasteiger partial charge in [0.15, 0.2) is 0 Å². The van der Waals surface area contributed by atoms with Crippen molar-refractivity contribution >= 4 is 33.2 Å². The molecule has 1 spiro atoms. The Bertz CT molecular complexity index is 493. The van der Waals surface area contributed by atoms with Crippen LogP contribution in [0.25, 0.3) is 0 Å². The van der Waals surface area contributed by atoms with Crippen molar-refractivity contribution in [3.8, 4) is 0 Å². The highest BCUT2D eigenvalue weighted by Crippen LogP contribution is 2.75. The summed E-state index contributed by atoms with van der Waals surface area (Å²) in [6, 6.07) is -0.933. The largest absolute Gasteiger partial charge is 0.241 e. The van der Waals surface area contributed by atoms with E-state index in [-0.39, 0.29) is 21.6 Å². The first-order chi connectivity index (χ1) is 7.57. The summed E-state index contributed by atoms with van der Waals surface area (Å²) in [5.41, 5.74) is -0.996. The Hall–Kier alpha value is 0.420. The molecule has 1 heterocycles. The average molecular weight is 302 g/mol. The third kappa shape index (κ3) is 1.11. The first kappa shape index (κ1) is 12.5. The Morgan fingerprint density at radius 3 is 2.47 bits per heavy atom. The van der Waals surface area contributed by atoms with E-state index in [4.69, 9.17) is 23.2 Å². The number of nitrogens with zero attached hydrogens (tertiary/aromatic N) is 1. The molecule has 0 aromatic rings. The summed E-state index contributed by atoms with van der Waals surface area (Å²) < 4.78 is 36.2. The van der Waals surface area contributed by atoms with Gasteiger partial charge in [0, 0.05) is 5.41 Å². The number of halogens is 3. The van der Waals surface area contributed by atoms with Crippen LogP contribution in [0.15, 0.2) is 0 Å². The molecule has 0 radical (unpaired) electrons. The third-order valence-electron chi connectivity index (χ3n) is 5.29. The van der Waals surface area contributed by atoms with Crippen LogP contribution in [-0.4, -0.2) is 29.1 Å². The lowest BCUT2D eigenvalue weighted by atomic mass is 9.69. The smallest absolute Gasteiger partial charge is 0.210 e. The van der Waals surface area contributed by atoms with Gasteiger partial charge in [-0.25, -0.2) is 8.42 Å². The molecule has 1 unspecified atom stereocenters. The fourth-order valence-corrected chi connectivity index (χ4v) is 7.97. The van der Waals surface area contributed by atoms with E-state index in [0.717, 1.165) is 6.42 Å². The number of sulfonamides is 1. The maximum Gasteiger partial charge on any atom is 0.241 e. The molecule has 17 heavy (non-hydrogen) atoms. The first-order valence-corrected chi connectivity index (χ1v) is 7.99. The summed E-state index contributed by atoms with van der Waals surface area (Å²) in [4.78, 5) is 0. The van der Waals surface area contributed by atoms with Gasteiger partial charge >= 0.3 is 0 Å². The molecule has 3 atom stereocenters. The Labute approximate surface area is 110 Å². The van der Waals surface area contributed by atoms with Crippen LogP contribution in [-0.2, 0) is 10.0 Å². The van der Waals surface area contributed by atoms with Gasteiger partial charge in [-0.1, -0.05) is 37.0 Å². The predicted molar refractivity (Wildman–Crippen MR) is 63.9 cm³/mol. The SMILES string of the molecule is CC1(C)[C@@H]2CC[C@]13CS(=O)(=O)N(F)C3C2(Cl)Cl. The first-order valence-electron chi connectivity index (χ1n) is 5.63. The molecule has 0 aromatic carbocycles. The fourth-order valence-electron chi connectivity index (χ4n) is 4.37. The molecule has 0 amide bonds. The minimum absolute atomic E-state index is 0.0583. The summed E-state index contributed by atoms with van der Waals surface area (Å²) in [6.45, 7) is 3.91. The van der Waals surface area contributed by atoms with Gasteiger partial charge in [-0.2, -0.15) is 0 Å². The fraction of sp³-hybridized carbons (Fsp3) is 1.00. The normalized spacial score (nSPS) is 49.5. The molecule has 0 aromatic heterocycles. The molecule has 3 fully saturated rings. The summed E-state index contributed by atoms with van der Waals surface area (Å²) in [5, 5.41) is 0. The molecule has 1 saturated heterocycles. The van der Waals surface area contributed by atoms with Crippen LogP contribution in [0.1, 0.15) is 26.7 Å². The van der Waals surface area contributed by atoms with Crippen molar-refractivity contribution in [2.75, 3.05) is 5.75 Å². The molecule has 3 nitrogen and oxygen atoms in total. The molecule has 2 bridgehead atoms. The van der Waals surface area contributed by atoms with Gasteiger partial charge in [-0.05, 0) is 28.7 Å². The minimum atomic E-state index is -3.87. The molecule has 1 aliphatic heterocycles. The summed E-state index contributed by atoms with van der Waals surface area (Å²) >= 11 is 12.6.